The Balaban J connectivity index is 2.30. The van der Waals surface area contributed by atoms with Gasteiger partial charge in [-0.15, -0.1) is 6.58 Å². The van der Waals surface area contributed by atoms with Crippen molar-refractivity contribution < 1.29 is 9.53 Å². The molecule has 0 saturated carbocycles. The van der Waals surface area contributed by atoms with E-state index in [0.717, 1.165) is 23.0 Å². The Morgan fingerprint density at radius 3 is 3.18 bits per heavy atom. The second-order valence-electron chi connectivity index (χ2n) is 3.55. The molecule has 0 atom stereocenters. The van der Waals surface area contributed by atoms with E-state index >= 15 is 0 Å². The zero-order valence-electron chi connectivity index (χ0n) is 9.49. The highest BCUT2D eigenvalue weighted by Crippen LogP contribution is 2.16. The number of hydrogen-bond donors (Lipinski definition) is 2. The summed E-state index contributed by atoms with van der Waals surface area (Å²) in [6, 6.07) is 5.86. The fourth-order valence-corrected chi connectivity index (χ4v) is 1.55. The lowest BCUT2D eigenvalue weighted by atomic mass is 10.1. The van der Waals surface area contributed by atoms with E-state index in [0.29, 0.717) is 5.95 Å². The minimum Gasteiger partial charge on any atom is -0.453 e. The first-order chi connectivity index (χ1) is 8.22. The summed E-state index contributed by atoms with van der Waals surface area (Å²) in [7, 11) is 1.31. The van der Waals surface area contributed by atoms with E-state index in [-0.39, 0.29) is 0 Å². The maximum absolute atomic E-state index is 11.0. The minimum atomic E-state index is -0.546. The van der Waals surface area contributed by atoms with Gasteiger partial charge in [0.05, 0.1) is 18.1 Å². The van der Waals surface area contributed by atoms with Crippen LogP contribution in [0.2, 0.25) is 0 Å². The van der Waals surface area contributed by atoms with Gasteiger partial charge in [-0.2, -0.15) is 0 Å². The smallest absolute Gasteiger partial charge is 0.413 e. The number of aromatic amines is 1. The SMILES string of the molecule is C=CCc1ccc2[nH]c(NC(=O)OC)nc2c1. The van der Waals surface area contributed by atoms with Crippen molar-refractivity contribution in [2.75, 3.05) is 12.4 Å². The first-order valence-corrected chi connectivity index (χ1v) is 5.17. The molecule has 5 nitrogen and oxygen atoms in total. The Morgan fingerprint density at radius 1 is 1.65 bits per heavy atom. The van der Waals surface area contributed by atoms with Crippen LogP contribution in [0.4, 0.5) is 10.7 Å². The van der Waals surface area contributed by atoms with Gasteiger partial charge in [0.25, 0.3) is 0 Å². The van der Waals surface area contributed by atoms with Gasteiger partial charge in [-0.25, -0.2) is 9.78 Å². The predicted octanol–water partition coefficient (Wildman–Crippen LogP) is 2.47. The normalized spacial score (nSPS) is 10.2. The van der Waals surface area contributed by atoms with E-state index in [1.165, 1.54) is 7.11 Å². The lowest BCUT2D eigenvalue weighted by Gasteiger charge is -1.96. The van der Waals surface area contributed by atoms with Crippen molar-refractivity contribution in [2.24, 2.45) is 0 Å². The summed E-state index contributed by atoms with van der Waals surface area (Å²) in [5.74, 6) is 0.377. The topological polar surface area (TPSA) is 67.0 Å². The number of imidazole rings is 1. The Kier molecular flexibility index (Phi) is 3.09. The van der Waals surface area contributed by atoms with Crippen LogP contribution < -0.4 is 5.32 Å². The third-order valence-electron chi connectivity index (χ3n) is 2.33. The standard InChI is InChI=1S/C12H13N3O2/c1-3-4-8-5-6-9-10(7-8)14-11(13-9)15-12(16)17-2/h3,5-7H,1,4H2,2H3,(H2,13,14,15,16). The molecule has 0 aliphatic carbocycles. The maximum atomic E-state index is 11.0. The molecule has 1 heterocycles. The molecule has 0 aliphatic heterocycles. The average Bonchev–Trinajstić information content (AvgIpc) is 2.70. The molecule has 0 fully saturated rings. The highest BCUT2D eigenvalue weighted by Gasteiger charge is 2.06. The summed E-state index contributed by atoms with van der Waals surface area (Å²) in [5, 5.41) is 2.48. The van der Waals surface area contributed by atoms with Crippen LogP contribution in [0.3, 0.4) is 0 Å². The zero-order chi connectivity index (χ0) is 12.3. The van der Waals surface area contributed by atoms with Crippen LogP contribution in [0.15, 0.2) is 30.9 Å². The number of anilines is 1. The third-order valence-corrected chi connectivity index (χ3v) is 2.33. The van der Waals surface area contributed by atoms with Crippen LogP contribution in [-0.4, -0.2) is 23.2 Å². The largest absolute Gasteiger partial charge is 0.453 e. The number of nitrogens with zero attached hydrogens (tertiary/aromatic N) is 1. The number of amides is 1. The number of carbonyl (C=O) groups is 1. The van der Waals surface area contributed by atoms with Crippen molar-refractivity contribution in [1.82, 2.24) is 9.97 Å². The molecule has 2 N–H and O–H groups in total. The minimum absolute atomic E-state index is 0.377. The molecule has 5 heteroatoms. The third kappa shape index (κ3) is 2.44. The van der Waals surface area contributed by atoms with E-state index in [1.54, 1.807) is 0 Å². The van der Waals surface area contributed by atoms with Gasteiger partial charge >= 0.3 is 6.09 Å². The number of carbonyl (C=O) groups excluding carboxylic acids is 1. The first kappa shape index (κ1) is 11.2. The molecule has 0 unspecified atom stereocenters. The average molecular weight is 231 g/mol. The summed E-state index contributed by atoms with van der Waals surface area (Å²) in [6.45, 7) is 3.69. The number of aromatic nitrogens is 2. The first-order valence-electron chi connectivity index (χ1n) is 5.17. The van der Waals surface area contributed by atoms with Crippen LogP contribution in [0.1, 0.15) is 5.56 Å². The molecule has 0 saturated heterocycles. The van der Waals surface area contributed by atoms with Crippen molar-refractivity contribution in [1.29, 1.82) is 0 Å². The Morgan fingerprint density at radius 2 is 2.47 bits per heavy atom. The summed E-state index contributed by atoms with van der Waals surface area (Å²) in [6.07, 6.45) is 2.08. The summed E-state index contributed by atoms with van der Waals surface area (Å²) in [5.41, 5.74) is 2.79. The number of fused-ring (bicyclic) bond motifs is 1. The number of allylic oxidation sites excluding steroid dienone is 1. The van der Waals surface area contributed by atoms with Crippen molar-refractivity contribution in [3.05, 3.63) is 36.4 Å². The van der Waals surface area contributed by atoms with Gasteiger partial charge in [-0.05, 0) is 24.1 Å². The number of benzene rings is 1. The van der Waals surface area contributed by atoms with Crippen LogP contribution in [0.25, 0.3) is 11.0 Å². The second kappa shape index (κ2) is 4.69. The molecular formula is C12H13N3O2. The molecule has 0 bridgehead atoms. The molecule has 17 heavy (non-hydrogen) atoms. The van der Waals surface area contributed by atoms with Crippen LogP contribution in [0.5, 0.6) is 0 Å². The fraction of sp³-hybridized carbons (Fsp3) is 0.167. The van der Waals surface area contributed by atoms with Gasteiger partial charge in [-0.3, -0.25) is 5.32 Å². The lowest BCUT2D eigenvalue weighted by molar-refractivity contribution is 0.186. The monoisotopic (exact) mass is 231 g/mol. The van der Waals surface area contributed by atoms with Crippen LogP contribution in [-0.2, 0) is 11.2 Å². The van der Waals surface area contributed by atoms with Gasteiger partial charge in [0, 0.05) is 0 Å². The number of rotatable bonds is 3. The highest BCUT2D eigenvalue weighted by molar-refractivity contribution is 5.86. The predicted molar refractivity (Wildman–Crippen MR) is 66.0 cm³/mol. The number of hydrogen-bond acceptors (Lipinski definition) is 3. The number of nitrogens with one attached hydrogen (secondary N) is 2. The molecule has 0 aliphatic rings. The Hall–Kier alpha value is -2.30. The van der Waals surface area contributed by atoms with Crippen molar-refractivity contribution in [2.45, 2.75) is 6.42 Å². The van der Waals surface area contributed by atoms with Gasteiger partial charge in [0.2, 0.25) is 5.95 Å². The lowest BCUT2D eigenvalue weighted by Crippen LogP contribution is -2.11. The number of H-pyrrole nitrogens is 1. The quantitative estimate of drug-likeness (QED) is 0.797. The fourth-order valence-electron chi connectivity index (χ4n) is 1.55. The maximum Gasteiger partial charge on any atom is 0.413 e. The van der Waals surface area contributed by atoms with Crippen molar-refractivity contribution in [3.63, 3.8) is 0 Å². The summed E-state index contributed by atoms with van der Waals surface area (Å²) in [4.78, 5) is 18.2. The Bertz CT molecular complexity index is 560. The van der Waals surface area contributed by atoms with E-state index in [1.807, 2.05) is 24.3 Å². The molecular weight excluding hydrogens is 218 g/mol. The summed E-state index contributed by atoms with van der Waals surface area (Å²) >= 11 is 0. The zero-order valence-corrected chi connectivity index (χ0v) is 9.49. The van der Waals surface area contributed by atoms with E-state index in [4.69, 9.17) is 0 Å². The van der Waals surface area contributed by atoms with Crippen molar-refractivity contribution >= 4 is 23.1 Å². The van der Waals surface area contributed by atoms with Gasteiger partial charge in [0.15, 0.2) is 0 Å². The van der Waals surface area contributed by atoms with Gasteiger partial charge in [0.1, 0.15) is 0 Å². The summed E-state index contributed by atoms with van der Waals surface area (Å²) < 4.78 is 4.49. The Labute approximate surface area is 98.5 Å². The molecule has 2 rings (SSSR count). The molecule has 0 spiro atoms. The van der Waals surface area contributed by atoms with Gasteiger partial charge < -0.3 is 9.72 Å². The molecule has 88 valence electrons. The van der Waals surface area contributed by atoms with E-state index in [2.05, 4.69) is 26.6 Å². The molecule has 1 amide bonds. The highest BCUT2D eigenvalue weighted by atomic mass is 16.5. The van der Waals surface area contributed by atoms with E-state index in [9.17, 15) is 4.79 Å². The second-order valence-corrected chi connectivity index (χ2v) is 3.55. The molecule has 1 aromatic carbocycles. The molecule has 1 aromatic heterocycles. The van der Waals surface area contributed by atoms with Crippen molar-refractivity contribution in [3.8, 4) is 0 Å². The number of methoxy groups -OCH3 is 1. The molecule has 0 radical (unpaired) electrons. The van der Waals surface area contributed by atoms with E-state index < -0.39 is 6.09 Å². The number of ether oxygens (including phenoxy) is 1. The molecule has 2 aromatic rings. The van der Waals surface area contributed by atoms with Gasteiger partial charge in [-0.1, -0.05) is 12.1 Å². The van der Waals surface area contributed by atoms with Crippen LogP contribution in [0, 0.1) is 0 Å². The van der Waals surface area contributed by atoms with Crippen LogP contribution >= 0.6 is 0 Å².